The van der Waals surface area contributed by atoms with Gasteiger partial charge < -0.3 is 29.3 Å². The van der Waals surface area contributed by atoms with E-state index >= 15 is 0 Å². The quantitative estimate of drug-likeness (QED) is 0.317. The van der Waals surface area contributed by atoms with Gasteiger partial charge in [0.25, 0.3) is 0 Å². The van der Waals surface area contributed by atoms with Crippen molar-refractivity contribution < 1.29 is 23.9 Å². The Morgan fingerprint density at radius 3 is 2.92 bits per heavy atom. The number of benzene rings is 2. The maximum Gasteiger partial charge on any atom is 0.248 e. The molecule has 0 spiro atoms. The number of aryl methyl sites for hydroxylation is 1. The fourth-order valence-corrected chi connectivity index (χ4v) is 4.77. The molecule has 1 amide bonds. The third-order valence-corrected chi connectivity index (χ3v) is 6.67. The Morgan fingerprint density at radius 2 is 2.11 bits per heavy atom. The van der Waals surface area contributed by atoms with E-state index in [4.69, 9.17) is 25.6 Å². The molecular weight excluding hydrogens is 510 g/mol. The average Bonchev–Trinajstić information content (AvgIpc) is 3.36. The highest BCUT2D eigenvalue weighted by atomic mass is 35.5. The Labute approximate surface area is 224 Å². The summed E-state index contributed by atoms with van der Waals surface area (Å²) in [7, 11) is 0. The topological polar surface area (TPSA) is 123 Å². The maximum atomic E-state index is 11.9. The molecule has 0 radical (unpaired) electrons. The molecule has 11 heteroatoms. The molecule has 3 heterocycles. The summed E-state index contributed by atoms with van der Waals surface area (Å²) in [6, 6.07) is 12.9. The van der Waals surface area contributed by atoms with Crippen LogP contribution in [0.1, 0.15) is 24.3 Å². The first-order chi connectivity index (χ1) is 18.5. The van der Waals surface area contributed by atoms with E-state index < -0.39 is 6.61 Å². The highest BCUT2D eigenvalue weighted by molar-refractivity contribution is 6.32. The van der Waals surface area contributed by atoms with Crippen LogP contribution in [0.15, 0.2) is 53.3 Å². The fourth-order valence-electron chi connectivity index (χ4n) is 4.54. The summed E-state index contributed by atoms with van der Waals surface area (Å²) in [6.07, 6.45) is 3.30. The smallest absolute Gasteiger partial charge is 0.248 e. The zero-order valence-corrected chi connectivity index (χ0v) is 21.6. The molecule has 0 unspecified atom stereocenters. The molecule has 0 saturated carbocycles. The van der Waals surface area contributed by atoms with E-state index in [2.05, 4.69) is 20.4 Å². The third kappa shape index (κ3) is 5.81. The van der Waals surface area contributed by atoms with Crippen LogP contribution >= 0.6 is 11.6 Å². The van der Waals surface area contributed by atoms with Gasteiger partial charge in [0.15, 0.2) is 5.75 Å². The monoisotopic (exact) mass is 537 g/mol. The molecule has 0 bridgehead atoms. The van der Waals surface area contributed by atoms with Gasteiger partial charge in [0.2, 0.25) is 5.91 Å². The number of hydrogen-bond donors (Lipinski definition) is 2. The molecule has 1 aliphatic rings. The number of ether oxygens (including phenoxy) is 2. The number of piperidine rings is 1. The lowest BCUT2D eigenvalue weighted by Gasteiger charge is -2.32. The molecule has 1 fully saturated rings. The summed E-state index contributed by atoms with van der Waals surface area (Å²) in [5, 5.41) is 17.7. The normalized spacial score (nSPS) is 15.4. The molecule has 1 saturated heterocycles. The van der Waals surface area contributed by atoms with Gasteiger partial charge in [-0.15, -0.1) is 0 Å². The van der Waals surface area contributed by atoms with E-state index in [1.54, 1.807) is 17.0 Å². The number of carbonyl (C=O) groups excluding carboxylic acids is 1. The lowest BCUT2D eigenvalue weighted by molar-refractivity contribution is -0.136. The van der Waals surface area contributed by atoms with Crippen molar-refractivity contribution in [3.63, 3.8) is 0 Å². The molecule has 1 aliphatic heterocycles. The number of aromatic nitrogens is 3. The second-order valence-electron chi connectivity index (χ2n) is 9.15. The van der Waals surface area contributed by atoms with Crippen molar-refractivity contribution in [1.29, 1.82) is 0 Å². The number of carbonyl (C=O) groups is 1. The molecule has 2 N–H and O–H groups in total. The first kappa shape index (κ1) is 25.7. The fraction of sp³-hybridized carbons (Fsp3) is 0.333. The van der Waals surface area contributed by atoms with Crippen molar-refractivity contribution in [3.8, 4) is 11.5 Å². The number of halogens is 1. The molecule has 2 aromatic heterocycles. The standard InChI is InChI=1S/C27H28ClN5O5/c1-17-11-19(32-38-17)15-37-26-20(28)6-2-8-22(26)31-27-25-21(29-16-30-27)7-3-9-23(25)36-14-18-5-4-10-33(12-18)24(35)13-34/h2-3,6-9,11,16,18,34H,4-5,10,12-15H2,1H3,(H,29,30,31)/t18-/m1/s1. The summed E-state index contributed by atoms with van der Waals surface area (Å²) >= 11 is 6.49. The van der Waals surface area contributed by atoms with Crippen LogP contribution in [-0.2, 0) is 11.4 Å². The predicted octanol–water partition coefficient (Wildman–Crippen LogP) is 4.51. The Hall–Kier alpha value is -3.89. The second-order valence-corrected chi connectivity index (χ2v) is 9.56. The van der Waals surface area contributed by atoms with E-state index in [1.165, 1.54) is 6.33 Å². The van der Waals surface area contributed by atoms with Gasteiger partial charge in [-0.3, -0.25) is 4.79 Å². The number of hydrogen-bond acceptors (Lipinski definition) is 9. The van der Waals surface area contributed by atoms with Gasteiger partial charge in [-0.2, -0.15) is 0 Å². The molecule has 1 atom stereocenters. The molecular formula is C27H28ClN5O5. The summed E-state index contributed by atoms with van der Waals surface area (Å²) in [6.45, 7) is 3.16. The van der Waals surface area contributed by atoms with Gasteiger partial charge in [-0.1, -0.05) is 28.9 Å². The largest absolute Gasteiger partial charge is 0.492 e. The Morgan fingerprint density at radius 1 is 1.24 bits per heavy atom. The summed E-state index contributed by atoms with van der Waals surface area (Å²) in [5.41, 5.74) is 1.99. The van der Waals surface area contributed by atoms with Crippen LogP contribution in [0.4, 0.5) is 11.5 Å². The number of aliphatic hydroxyl groups excluding tert-OH is 1. The highest BCUT2D eigenvalue weighted by Gasteiger charge is 2.24. The number of nitrogens with zero attached hydrogens (tertiary/aromatic N) is 4. The number of nitrogens with one attached hydrogen (secondary N) is 1. The zero-order valence-electron chi connectivity index (χ0n) is 20.9. The minimum absolute atomic E-state index is 0.156. The molecule has 38 heavy (non-hydrogen) atoms. The van der Waals surface area contributed by atoms with Gasteiger partial charge in [-0.25, -0.2) is 9.97 Å². The van der Waals surface area contributed by atoms with E-state index in [0.717, 1.165) is 12.8 Å². The Kier molecular flexibility index (Phi) is 7.90. The lowest BCUT2D eigenvalue weighted by Crippen LogP contribution is -2.42. The van der Waals surface area contributed by atoms with Gasteiger partial charge in [0.05, 0.1) is 28.2 Å². The van der Waals surface area contributed by atoms with Gasteiger partial charge in [0.1, 0.15) is 42.6 Å². The van der Waals surface area contributed by atoms with Crippen molar-refractivity contribution >= 4 is 39.9 Å². The minimum Gasteiger partial charge on any atom is -0.492 e. The van der Waals surface area contributed by atoms with Crippen LogP contribution in [0, 0.1) is 12.8 Å². The number of amides is 1. The minimum atomic E-state index is -0.475. The summed E-state index contributed by atoms with van der Waals surface area (Å²) in [4.78, 5) is 22.5. The van der Waals surface area contributed by atoms with Gasteiger partial charge in [-0.05, 0) is 44.0 Å². The van der Waals surface area contributed by atoms with Crippen molar-refractivity contribution in [3.05, 3.63) is 65.3 Å². The van der Waals surface area contributed by atoms with Crippen LogP contribution in [0.2, 0.25) is 5.02 Å². The second kappa shape index (κ2) is 11.7. The number of likely N-dealkylation sites (tertiary alicyclic amines) is 1. The first-order valence-corrected chi connectivity index (χ1v) is 12.8. The number of aliphatic hydroxyl groups is 1. The van der Waals surface area contributed by atoms with E-state index in [-0.39, 0.29) is 18.4 Å². The van der Waals surface area contributed by atoms with E-state index in [0.29, 0.717) is 70.1 Å². The average molecular weight is 538 g/mol. The molecule has 10 nitrogen and oxygen atoms in total. The van der Waals surface area contributed by atoms with Crippen LogP contribution in [0.5, 0.6) is 11.5 Å². The van der Waals surface area contributed by atoms with Crippen LogP contribution in [0.25, 0.3) is 10.9 Å². The molecule has 4 aromatic rings. The van der Waals surface area contributed by atoms with E-state index in [9.17, 15) is 9.90 Å². The SMILES string of the molecule is Cc1cc(COc2c(Cl)cccc2Nc2ncnc3cccc(OC[C@@H]4CCCN(C(=O)CO)C4)c23)no1. The predicted molar refractivity (Wildman–Crippen MR) is 142 cm³/mol. The lowest BCUT2D eigenvalue weighted by atomic mass is 9.99. The maximum absolute atomic E-state index is 11.9. The number of para-hydroxylation sites is 1. The number of fused-ring (bicyclic) bond motifs is 1. The number of rotatable bonds is 9. The van der Waals surface area contributed by atoms with Gasteiger partial charge in [0, 0.05) is 25.1 Å². The van der Waals surface area contributed by atoms with Crippen LogP contribution in [-0.4, -0.2) is 57.3 Å². The zero-order chi connectivity index (χ0) is 26.5. The Bertz CT molecular complexity index is 1420. The van der Waals surface area contributed by atoms with Crippen molar-refractivity contribution in [2.75, 3.05) is 31.6 Å². The third-order valence-electron chi connectivity index (χ3n) is 6.37. The van der Waals surface area contributed by atoms with Crippen molar-refractivity contribution in [1.82, 2.24) is 20.0 Å². The van der Waals surface area contributed by atoms with Crippen molar-refractivity contribution in [2.45, 2.75) is 26.4 Å². The van der Waals surface area contributed by atoms with Crippen LogP contribution < -0.4 is 14.8 Å². The molecule has 198 valence electrons. The van der Waals surface area contributed by atoms with Crippen LogP contribution in [0.3, 0.4) is 0 Å². The summed E-state index contributed by atoms with van der Waals surface area (Å²) < 4.78 is 17.4. The molecule has 0 aliphatic carbocycles. The number of anilines is 2. The van der Waals surface area contributed by atoms with Crippen molar-refractivity contribution in [2.24, 2.45) is 5.92 Å². The molecule has 2 aromatic carbocycles. The molecule has 5 rings (SSSR count). The van der Waals surface area contributed by atoms with Gasteiger partial charge >= 0.3 is 0 Å². The first-order valence-electron chi connectivity index (χ1n) is 12.4. The summed E-state index contributed by atoms with van der Waals surface area (Å²) in [5.74, 6) is 2.22. The Balaban J connectivity index is 1.37. The van der Waals surface area contributed by atoms with E-state index in [1.807, 2.05) is 37.3 Å². The highest BCUT2D eigenvalue weighted by Crippen LogP contribution is 2.38.